The molecule has 5 aromatic rings. The lowest BCUT2D eigenvalue weighted by Gasteiger charge is -2.26. The number of ether oxygens (including phenoxy) is 3. The van der Waals surface area contributed by atoms with Crippen LogP contribution in [0.1, 0.15) is 18.4 Å². The van der Waals surface area contributed by atoms with Gasteiger partial charge in [0, 0.05) is 30.7 Å². The molecule has 0 aliphatic carbocycles. The number of carbonyl (C=O) groups is 1. The monoisotopic (exact) mass is 515 g/mol. The predicted octanol–water partition coefficient (Wildman–Crippen LogP) is 5.65. The quantitative estimate of drug-likeness (QED) is 0.184. The van der Waals surface area contributed by atoms with Gasteiger partial charge < -0.3 is 18.6 Å². The second-order valence-electron chi connectivity index (χ2n) is 8.27. The molecule has 3 aromatic heterocycles. The summed E-state index contributed by atoms with van der Waals surface area (Å²) in [5.41, 5.74) is 2.78. The third kappa shape index (κ3) is 5.09. The first-order valence-electron chi connectivity index (χ1n) is 11.6. The minimum atomic E-state index is -1.70. The lowest BCUT2D eigenvalue weighted by molar-refractivity contribution is -0.201. The Morgan fingerprint density at radius 3 is 2.38 bits per heavy atom. The molecule has 0 aliphatic rings. The maximum Gasteiger partial charge on any atom is 0.379 e. The van der Waals surface area contributed by atoms with Gasteiger partial charge >= 0.3 is 11.8 Å². The van der Waals surface area contributed by atoms with Crippen LogP contribution in [0.15, 0.2) is 99.6 Å². The van der Waals surface area contributed by atoms with Crippen molar-refractivity contribution in [1.82, 2.24) is 14.4 Å². The van der Waals surface area contributed by atoms with Crippen molar-refractivity contribution in [2.75, 3.05) is 14.2 Å². The largest absolute Gasteiger partial charge is 0.469 e. The van der Waals surface area contributed by atoms with E-state index >= 15 is 0 Å². The second-order valence-corrected chi connectivity index (χ2v) is 9.33. The van der Waals surface area contributed by atoms with Gasteiger partial charge in [0.2, 0.25) is 5.88 Å². The van der Waals surface area contributed by atoms with E-state index in [4.69, 9.17) is 28.6 Å². The number of methoxy groups -OCH3 is 2. The number of esters is 1. The number of imidazole rings is 1. The summed E-state index contributed by atoms with van der Waals surface area (Å²) in [7, 11) is 2.67. The van der Waals surface area contributed by atoms with Crippen molar-refractivity contribution in [2.45, 2.75) is 29.1 Å². The molecule has 0 amide bonds. The van der Waals surface area contributed by atoms with Gasteiger partial charge in [0.1, 0.15) is 16.5 Å². The highest BCUT2D eigenvalue weighted by atomic mass is 32.2. The summed E-state index contributed by atoms with van der Waals surface area (Å²) >= 11 is 1.49. The van der Waals surface area contributed by atoms with Gasteiger partial charge in [-0.15, -0.1) is 0 Å². The van der Waals surface area contributed by atoms with Crippen LogP contribution in [-0.2, 0) is 20.7 Å². The zero-order valence-corrected chi connectivity index (χ0v) is 21.4. The number of aromatic nitrogens is 3. The van der Waals surface area contributed by atoms with Crippen molar-refractivity contribution in [3.05, 3.63) is 96.7 Å². The number of hydrogen-bond donors (Lipinski definition) is 0. The third-order valence-electron chi connectivity index (χ3n) is 5.79. The average Bonchev–Trinajstić information content (AvgIpc) is 3.57. The van der Waals surface area contributed by atoms with E-state index in [1.807, 2.05) is 79.0 Å². The van der Waals surface area contributed by atoms with Crippen LogP contribution >= 0.6 is 11.8 Å². The smallest absolute Gasteiger partial charge is 0.379 e. The molecular weight excluding hydrogens is 490 g/mol. The first-order valence-corrected chi connectivity index (χ1v) is 12.4. The fourth-order valence-electron chi connectivity index (χ4n) is 3.80. The van der Waals surface area contributed by atoms with Crippen LogP contribution in [0.25, 0.3) is 16.9 Å². The number of fused-ring (bicyclic) bond motifs is 1. The Balaban J connectivity index is 1.73. The van der Waals surface area contributed by atoms with Gasteiger partial charge in [-0.05, 0) is 24.3 Å². The number of benzene rings is 2. The molecule has 0 saturated heterocycles. The highest BCUT2D eigenvalue weighted by Crippen LogP contribution is 2.36. The van der Waals surface area contributed by atoms with Gasteiger partial charge in [-0.3, -0.25) is 4.40 Å². The molecule has 0 N–H and O–H groups in total. The molecule has 9 heteroatoms. The van der Waals surface area contributed by atoms with Crippen LogP contribution in [0.2, 0.25) is 0 Å². The molecule has 0 fully saturated rings. The van der Waals surface area contributed by atoms with Crippen LogP contribution in [0, 0.1) is 0 Å². The molecule has 3 heterocycles. The average molecular weight is 516 g/mol. The van der Waals surface area contributed by atoms with E-state index < -0.39 is 11.8 Å². The van der Waals surface area contributed by atoms with Crippen LogP contribution < -0.4 is 4.74 Å². The Morgan fingerprint density at radius 1 is 1.00 bits per heavy atom. The van der Waals surface area contributed by atoms with Gasteiger partial charge in [-0.2, -0.15) is 0 Å². The van der Waals surface area contributed by atoms with E-state index in [2.05, 4.69) is 0 Å². The predicted molar refractivity (Wildman–Crippen MR) is 139 cm³/mol. The van der Waals surface area contributed by atoms with Crippen molar-refractivity contribution in [1.29, 1.82) is 0 Å². The number of hydrogen-bond acceptors (Lipinski definition) is 8. The zero-order valence-electron chi connectivity index (χ0n) is 20.6. The minimum Gasteiger partial charge on any atom is -0.469 e. The van der Waals surface area contributed by atoms with Crippen molar-refractivity contribution < 1.29 is 23.4 Å². The van der Waals surface area contributed by atoms with Gasteiger partial charge in [-0.1, -0.05) is 60.3 Å². The topological polar surface area (TPSA) is 88.1 Å². The Labute approximate surface area is 218 Å². The number of nitrogens with zero attached hydrogens (tertiary/aromatic N) is 3. The molecular formula is C28H25N3O5S. The molecule has 2 aromatic carbocycles. The first kappa shape index (κ1) is 24.6. The Hall–Kier alpha value is -4.08. The summed E-state index contributed by atoms with van der Waals surface area (Å²) in [4.78, 5) is 23.5. The van der Waals surface area contributed by atoms with E-state index in [1.54, 1.807) is 10.7 Å². The zero-order chi connectivity index (χ0) is 25.8. The summed E-state index contributed by atoms with van der Waals surface area (Å²) in [5.74, 6) is -1.36. The molecule has 0 bridgehead atoms. The lowest BCUT2D eigenvalue weighted by atomic mass is 10.2. The second kappa shape index (κ2) is 10.5. The SMILES string of the molecule is COC(=O)C(C)(OC)Oc1c(Cc2ccco2)nc2c(Sc3ccccc3)nc(-c3ccccc3)cn12. The van der Waals surface area contributed by atoms with Gasteiger partial charge in [0.25, 0.3) is 0 Å². The molecule has 37 heavy (non-hydrogen) atoms. The first-order chi connectivity index (χ1) is 18.0. The van der Waals surface area contributed by atoms with E-state index in [0.29, 0.717) is 34.4 Å². The lowest BCUT2D eigenvalue weighted by Crippen LogP contribution is -2.44. The van der Waals surface area contributed by atoms with Crippen LogP contribution in [0.3, 0.4) is 0 Å². The Morgan fingerprint density at radius 2 is 1.73 bits per heavy atom. The normalized spacial score (nSPS) is 12.8. The van der Waals surface area contributed by atoms with Crippen molar-refractivity contribution in [2.24, 2.45) is 0 Å². The van der Waals surface area contributed by atoms with Crippen LogP contribution in [-0.4, -0.2) is 40.3 Å². The van der Waals surface area contributed by atoms with Gasteiger partial charge in [0.05, 0.1) is 25.5 Å². The van der Waals surface area contributed by atoms with Crippen molar-refractivity contribution >= 4 is 23.4 Å². The Kier molecular flexibility index (Phi) is 6.98. The van der Waals surface area contributed by atoms with Crippen LogP contribution in [0.5, 0.6) is 5.88 Å². The fraction of sp³-hybridized carbons (Fsp3) is 0.179. The summed E-state index contributed by atoms with van der Waals surface area (Å²) in [6.07, 6.45) is 3.78. The number of furan rings is 1. The summed E-state index contributed by atoms with van der Waals surface area (Å²) in [6, 6.07) is 23.5. The molecule has 8 nitrogen and oxygen atoms in total. The molecule has 0 saturated carbocycles. The van der Waals surface area contributed by atoms with Gasteiger partial charge in [-0.25, -0.2) is 14.8 Å². The number of carbonyl (C=O) groups excluding carboxylic acids is 1. The third-order valence-corrected chi connectivity index (χ3v) is 6.76. The maximum atomic E-state index is 12.6. The standard InChI is InChI=1S/C28H25N3O5S/c1-28(34-3,27(32)33-2)36-26-22(17-20-13-10-16-35-20)29-24-25(37-21-14-8-5-9-15-21)30-23(18-31(24)26)19-11-6-4-7-12-19/h4-16,18H,17H2,1-3H3. The maximum absolute atomic E-state index is 12.6. The number of rotatable bonds is 9. The Bertz CT molecular complexity index is 1500. The molecule has 0 spiro atoms. The molecule has 0 aliphatic heterocycles. The van der Waals surface area contributed by atoms with Crippen molar-refractivity contribution in [3.8, 4) is 17.1 Å². The summed E-state index contributed by atoms with van der Waals surface area (Å²) in [6.45, 7) is 1.51. The van der Waals surface area contributed by atoms with E-state index in [9.17, 15) is 4.79 Å². The van der Waals surface area contributed by atoms with E-state index in [1.165, 1.54) is 32.9 Å². The highest BCUT2D eigenvalue weighted by Gasteiger charge is 2.39. The molecule has 1 atom stereocenters. The summed E-state index contributed by atoms with van der Waals surface area (Å²) in [5, 5.41) is 0.681. The molecule has 188 valence electrons. The summed E-state index contributed by atoms with van der Waals surface area (Å²) < 4.78 is 24.1. The van der Waals surface area contributed by atoms with Crippen LogP contribution in [0.4, 0.5) is 0 Å². The van der Waals surface area contributed by atoms with Gasteiger partial charge in [0.15, 0.2) is 5.65 Å². The van der Waals surface area contributed by atoms with E-state index in [-0.39, 0.29) is 0 Å². The molecule has 0 radical (unpaired) electrons. The van der Waals surface area contributed by atoms with E-state index in [0.717, 1.165) is 16.2 Å². The molecule has 1 unspecified atom stereocenters. The fourth-order valence-corrected chi connectivity index (χ4v) is 4.70. The minimum absolute atomic E-state index is 0.329. The highest BCUT2D eigenvalue weighted by molar-refractivity contribution is 7.99. The van der Waals surface area contributed by atoms with Crippen molar-refractivity contribution in [3.63, 3.8) is 0 Å². The molecule has 5 rings (SSSR count).